The molecule has 1 aromatic heterocycles. The molecule has 3 rings (SSSR count). The van der Waals surface area contributed by atoms with Crippen LogP contribution in [0.3, 0.4) is 0 Å². The minimum absolute atomic E-state index is 0.0240. The number of carbonyl (C=O) groups is 1. The SMILES string of the molecule is COc1ccc(C(=O)NC(C)c2ccc(OCc3cccnc3)cc2)c(F)c1. The van der Waals surface area contributed by atoms with Gasteiger partial charge in [0, 0.05) is 24.0 Å². The average molecular weight is 380 g/mol. The van der Waals surface area contributed by atoms with Gasteiger partial charge in [-0.2, -0.15) is 0 Å². The van der Waals surface area contributed by atoms with Crippen LogP contribution in [-0.2, 0) is 6.61 Å². The van der Waals surface area contributed by atoms with Crippen molar-refractivity contribution >= 4 is 5.91 Å². The molecule has 0 saturated heterocycles. The zero-order valence-electron chi connectivity index (χ0n) is 15.7. The van der Waals surface area contributed by atoms with Crippen molar-refractivity contribution in [3.8, 4) is 11.5 Å². The predicted molar refractivity (Wildman–Crippen MR) is 104 cm³/mol. The van der Waals surface area contributed by atoms with Gasteiger partial charge < -0.3 is 14.8 Å². The molecule has 1 unspecified atom stereocenters. The molecule has 0 aliphatic carbocycles. The Morgan fingerprint density at radius 3 is 2.54 bits per heavy atom. The summed E-state index contributed by atoms with van der Waals surface area (Å²) in [7, 11) is 1.45. The van der Waals surface area contributed by atoms with Gasteiger partial charge in [-0.3, -0.25) is 9.78 Å². The van der Waals surface area contributed by atoms with E-state index >= 15 is 0 Å². The monoisotopic (exact) mass is 380 g/mol. The Bertz CT molecular complexity index is 930. The molecule has 5 nitrogen and oxygen atoms in total. The first-order valence-electron chi connectivity index (χ1n) is 8.83. The topological polar surface area (TPSA) is 60.5 Å². The van der Waals surface area contributed by atoms with E-state index in [0.29, 0.717) is 18.1 Å². The highest BCUT2D eigenvalue weighted by Gasteiger charge is 2.16. The van der Waals surface area contributed by atoms with Gasteiger partial charge in [-0.15, -0.1) is 0 Å². The number of hydrogen-bond acceptors (Lipinski definition) is 4. The maximum atomic E-state index is 14.1. The van der Waals surface area contributed by atoms with Gasteiger partial charge in [0.05, 0.1) is 18.7 Å². The van der Waals surface area contributed by atoms with Crippen molar-refractivity contribution in [3.63, 3.8) is 0 Å². The minimum atomic E-state index is -0.622. The van der Waals surface area contributed by atoms with E-state index in [1.54, 1.807) is 18.5 Å². The van der Waals surface area contributed by atoms with E-state index in [9.17, 15) is 9.18 Å². The summed E-state index contributed by atoms with van der Waals surface area (Å²) >= 11 is 0. The average Bonchev–Trinajstić information content (AvgIpc) is 2.73. The number of halogens is 1. The van der Waals surface area contributed by atoms with E-state index < -0.39 is 11.7 Å². The number of rotatable bonds is 7. The summed E-state index contributed by atoms with van der Waals surface area (Å²) in [5, 5.41) is 2.80. The van der Waals surface area contributed by atoms with E-state index in [1.165, 1.54) is 19.2 Å². The molecule has 1 atom stereocenters. The third-order valence-corrected chi connectivity index (χ3v) is 4.28. The van der Waals surface area contributed by atoms with Crippen molar-refractivity contribution < 1.29 is 18.7 Å². The smallest absolute Gasteiger partial charge is 0.254 e. The van der Waals surface area contributed by atoms with Gasteiger partial charge in [0.1, 0.15) is 23.9 Å². The number of ether oxygens (including phenoxy) is 2. The Balaban J connectivity index is 1.59. The number of pyridine rings is 1. The first-order chi connectivity index (χ1) is 13.6. The van der Waals surface area contributed by atoms with Crippen molar-refractivity contribution in [3.05, 3.63) is 89.5 Å². The molecule has 0 fully saturated rings. The molecule has 2 aromatic carbocycles. The quantitative estimate of drug-likeness (QED) is 0.664. The number of hydrogen-bond donors (Lipinski definition) is 1. The zero-order valence-corrected chi connectivity index (χ0v) is 15.7. The summed E-state index contributed by atoms with van der Waals surface area (Å²) in [6.07, 6.45) is 3.47. The van der Waals surface area contributed by atoms with Crippen LogP contribution in [0.15, 0.2) is 67.0 Å². The number of nitrogens with zero attached hydrogens (tertiary/aromatic N) is 1. The second-order valence-corrected chi connectivity index (χ2v) is 6.26. The summed E-state index contributed by atoms with van der Waals surface area (Å²) in [6, 6.07) is 15.1. The van der Waals surface area contributed by atoms with E-state index in [2.05, 4.69) is 10.3 Å². The van der Waals surface area contributed by atoms with Crippen molar-refractivity contribution in [1.29, 1.82) is 0 Å². The molecule has 1 heterocycles. The highest BCUT2D eigenvalue weighted by Crippen LogP contribution is 2.20. The van der Waals surface area contributed by atoms with Gasteiger partial charge in [0.15, 0.2) is 0 Å². The maximum absolute atomic E-state index is 14.1. The minimum Gasteiger partial charge on any atom is -0.497 e. The van der Waals surface area contributed by atoms with Crippen LogP contribution in [0.2, 0.25) is 0 Å². The van der Waals surface area contributed by atoms with Gasteiger partial charge in [0.25, 0.3) is 5.91 Å². The van der Waals surface area contributed by atoms with Crippen molar-refractivity contribution in [2.45, 2.75) is 19.6 Å². The highest BCUT2D eigenvalue weighted by atomic mass is 19.1. The van der Waals surface area contributed by atoms with Crippen LogP contribution in [0.4, 0.5) is 4.39 Å². The molecule has 144 valence electrons. The highest BCUT2D eigenvalue weighted by molar-refractivity contribution is 5.94. The van der Waals surface area contributed by atoms with Crippen LogP contribution >= 0.6 is 0 Å². The molecular weight excluding hydrogens is 359 g/mol. The van der Waals surface area contributed by atoms with Crippen molar-refractivity contribution in [2.24, 2.45) is 0 Å². The Morgan fingerprint density at radius 1 is 1.14 bits per heavy atom. The Hall–Kier alpha value is -3.41. The van der Waals surface area contributed by atoms with E-state index in [1.807, 2.05) is 43.3 Å². The standard InChI is InChI=1S/C22H21FN2O3/c1-15(25-22(26)20-10-9-19(27-2)12-21(20)23)17-5-7-18(8-6-17)28-14-16-4-3-11-24-13-16/h3-13,15H,14H2,1-2H3,(H,25,26). The Kier molecular flexibility index (Phi) is 6.22. The first-order valence-corrected chi connectivity index (χ1v) is 8.83. The molecule has 1 N–H and O–H groups in total. The fourth-order valence-corrected chi connectivity index (χ4v) is 2.67. The van der Waals surface area contributed by atoms with E-state index in [4.69, 9.17) is 9.47 Å². The number of nitrogens with one attached hydrogen (secondary N) is 1. The van der Waals surface area contributed by atoms with Crippen LogP contribution in [0.25, 0.3) is 0 Å². The zero-order chi connectivity index (χ0) is 19.9. The van der Waals surface area contributed by atoms with Gasteiger partial charge in [0.2, 0.25) is 0 Å². The number of aromatic nitrogens is 1. The van der Waals surface area contributed by atoms with E-state index in [0.717, 1.165) is 11.1 Å². The molecule has 0 radical (unpaired) electrons. The molecule has 0 spiro atoms. The molecule has 6 heteroatoms. The molecule has 0 saturated carbocycles. The fraction of sp³-hybridized carbons (Fsp3) is 0.182. The largest absolute Gasteiger partial charge is 0.497 e. The third kappa shape index (κ3) is 4.85. The molecule has 0 aliphatic rings. The fourth-order valence-electron chi connectivity index (χ4n) is 2.67. The lowest BCUT2D eigenvalue weighted by Gasteiger charge is -2.15. The number of benzene rings is 2. The number of amides is 1. The lowest BCUT2D eigenvalue weighted by molar-refractivity contribution is 0.0935. The predicted octanol–water partition coefficient (Wildman–Crippen LogP) is 4.30. The Morgan fingerprint density at radius 2 is 1.89 bits per heavy atom. The van der Waals surface area contributed by atoms with Crippen LogP contribution in [-0.4, -0.2) is 18.0 Å². The summed E-state index contributed by atoms with van der Waals surface area (Å²) in [5.41, 5.74) is 1.84. The van der Waals surface area contributed by atoms with Gasteiger partial charge >= 0.3 is 0 Å². The normalized spacial score (nSPS) is 11.5. The van der Waals surface area contributed by atoms with Crippen molar-refractivity contribution in [2.75, 3.05) is 7.11 Å². The van der Waals surface area contributed by atoms with Gasteiger partial charge in [-0.25, -0.2) is 4.39 Å². The number of carbonyl (C=O) groups excluding carboxylic acids is 1. The summed E-state index contributed by atoms with van der Waals surface area (Å²) in [6.45, 7) is 2.26. The number of methoxy groups -OCH3 is 1. The first kappa shape index (κ1) is 19.4. The van der Waals surface area contributed by atoms with Crippen LogP contribution in [0.1, 0.15) is 34.5 Å². The second kappa shape index (κ2) is 8.99. The van der Waals surface area contributed by atoms with E-state index in [-0.39, 0.29) is 11.6 Å². The van der Waals surface area contributed by atoms with Crippen LogP contribution < -0.4 is 14.8 Å². The maximum Gasteiger partial charge on any atom is 0.254 e. The second-order valence-electron chi connectivity index (χ2n) is 6.26. The van der Waals surface area contributed by atoms with Gasteiger partial charge in [-0.05, 0) is 42.8 Å². The Labute approximate surface area is 163 Å². The lowest BCUT2D eigenvalue weighted by Crippen LogP contribution is -2.27. The molecule has 3 aromatic rings. The van der Waals surface area contributed by atoms with Gasteiger partial charge in [-0.1, -0.05) is 18.2 Å². The molecule has 0 aliphatic heterocycles. The molecular formula is C22H21FN2O3. The summed E-state index contributed by atoms with van der Waals surface area (Å²) in [4.78, 5) is 16.4. The molecule has 0 bridgehead atoms. The summed E-state index contributed by atoms with van der Waals surface area (Å²) < 4.78 is 24.7. The lowest BCUT2D eigenvalue weighted by atomic mass is 10.1. The molecule has 1 amide bonds. The van der Waals surface area contributed by atoms with Crippen LogP contribution in [0, 0.1) is 5.82 Å². The third-order valence-electron chi connectivity index (χ3n) is 4.28. The molecule has 28 heavy (non-hydrogen) atoms. The summed E-state index contributed by atoms with van der Waals surface area (Å²) in [5.74, 6) is -0.0240. The van der Waals surface area contributed by atoms with Crippen molar-refractivity contribution in [1.82, 2.24) is 10.3 Å². The van der Waals surface area contributed by atoms with Crippen LogP contribution in [0.5, 0.6) is 11.5 Å².